The molecule has 0 fully saturated rings. The van der Waals surface area contributed by atoms with Crippen molar-refractivity contribution in [3.8, 4) is 0 Å². The Labute approximate surface area is 125 Å². The SMILES string of the molecule is CC(C)(C)N(CCC(=O)O)C(=O)c1ccc2c(c1)CCN2. The molecule has 1 aromatic rings. The molecule has 21 heavy (non-hydrogen) atoms. The number of benzene rings is 1. The monoisotopic (exact) mass is 290 g/mol. The van der Waals surface area contributed by atoms with Crippen LogP contribution in [-0.4, -0.2) is 40.5 Å². The Morgan fingerprint density at radius 1 is 1.33 bits per heavy atom. The van der Waals surface area contributed by atoms with Crippen LogP contribution in [0.15, 0.2) is 18.2 Å². The molecule has 0 spiro atoms. The van der Waals surface area contributed by atoms with Crippen molar-refractivity contribution in [2.45, 2.75) is 39.2 Å². The van der Waals surface area contributed by atoms with Gasteiger partial charge in [0, 0.05) is 29.9 Å². The van der Waals surface area contributed by atoms with E-state index < -0.39 is 11.5 Å². The summed E-state index contributed by atoms with van der Waals surface area (Å²) >= 11 is 0. The van der Waals surface area contributed by atoms with Gasteiger partial charge in [-0.3, -0.25) is 9.59 Å². The lowest BCUT2D eigenvalue weighted by Gasteiger charge is -2.35. The van der Waals surface area contributed by atoms with Crippen molar-refractivity contribution in [1.82, 2.24) is 4.90 Å². The van der Waals surface area contributed by atoms with E-state index in [0.29, 0.717) is 5.56 Å². The lowest BCUT2D eigenvalue weighted by molar-refractivity contribution is -0.137. The van der Waals surface area contributed by atoms with Gasteiger partial charge in [-0.2, -0.15) is 0 Å². The van der Waals surface area contributed by atoms with Gasteiger partial charge in [0.1, 0.15) is 0 Å². The highest BCUT2D eigenvalue weighted by molar-refractivity contribution is 5.95. The number of hydrogen-bond acceptors (Lipinski definition) is 3. The van der Waals surface area contributed by atoms with Gasteiger partial charge in [-0.25, -0.2) is 0 Å². The Morgan fingerprint density at radius 3 is 2.67 bits per heavy atom. The molecule has 1 amide bonds. The fourth-order valence-electron chi connectivity index (χ4n) is 2.54. The lowest BCUT2D eigenvalue weighted by Crippen LogP contribution is -2.46. The summed E-state index contributed by atoms with van der Waals surface area (Å²) in [6.45, 7) is 6.87. The molecule has 1 heterocycles. The van der Waals surface area contributed by atoms with Gasteiger partial charge >= 0.3 is 5.97 Å². The number of hydrogen-bond donors (Lipinski definition) is 2. The molecule has 5 nitrogen and oxygen atoms in total. The maximum Gasteiger partial charge on any atom is 0.305 e. The van der Waals surface area contributed by atoms with Gasteiger partial charge in [0.05, 0.1) is 6.42 Å². The predicted molar refractivity (Wildman–Crippen MR) is 81.7 cm³/mol. The Balaban J connectivity index is 2.23. The summed E-state index contributed by atoms with van der Waals surface area (Å²) in [7, 11) is 0. The zero-order chi connectivity index (χ0) is 15.6. The van der Waals surface area contributed by atoms with E-state index in [2.05, 4.69) is 5.32 Å². The van der Waals surface area contributed by atoms with Gasteiger partial charge in [-0.1, -0.05) is 0 Å². The quantitative estimate of drug-likeness (QED) is 0.893. The molecule has 0 radical (unpaired) electrons. The number of rotatable bonds is 4. The molecule has 0 atom stereocenters. The van der Waals surface area contributed by atoms with Crippen molar-refractivity contribution in [1.29, 1.82) is 0 Å². The van der Waals surface area contributed by atoms with E-state index in [1.54, 1.807) is 11.0 Å². The zero-order valence-corrected chi connectivity index (χ0v) is 12.8. The van der Waals surface area contributed by atoms with Crippen LogP contribution < -0.4 is 5.32 Å². The van der Waals surface area contributed by atoms with Crippen molar-refractivity contribution < 1.29 is 14.7 Å². The average Bonchev–Trinajstić information content (AvgIpc) is 2.83. The molecule has 2 N–H and O–H groups in total. The van der Waals surface area contributed by atoms with E-state index in [-0.39, 0.29) is 18.9 Å². The van der Waals surface area contributed by atoms with E-state index in [0.717, 1.165) is 24.2 Å². The van der Waals surface area contributed by atoms with E-state index >= 15 is 0 Å². The second kappa shape index (κ2) is 5.76. The van der Waals surface area contributed by atoms with Gasteiger partial charge in [-0.05, 0) is 51.0 Å². The number of carbonyl (C=O) groups is 2. The maximum absolute atomic E-state index is 12.7. The predicted octanol–water partition coefficient (Wildman–Crippen LogP) is 2.37. The van der Waals surface area contributed by atoms with Crippen molar-refractivity contribution in [2.24, 2.45) is 0 Å². The molecular weight excluding hydrogens is 268 g/mol. The first-order valence-corrected chi connectivity index (χ1v) is 7.19. The fraction of sp³-hybridized carbons (Fsp3) is 0.500. The maximum atomic E-state index is 12.7. The number of carboxylic acids is 1. The molecule has 114 valence electrons. The summed E-state index contributed by atoms with van der Waals surface area (Å²) in [5, 5.41) is 12.1. The summed E-state index contributed by atoms with van der Waals surface area (Å²) in [5.74, 6) is -1.01. The smallest absolute Gasteiger partial charge is 0.305 e. The number of anilines is 1. The Kier molecular flexibility index (Phi) is 4.21. The normalized spacial score (nSPS) is 13.5. The molecule has 2 rings (SSSR count). The summed E-state index contributed by atoms with van der Waals surface area (Å²) in [4.78, 5) is 25.1. The number of nitrogens with one attached hydrogen (secondary N) is 1. The summed E-state index contributed by atoms with van der Waals surface area (Å²) in [6, 6.07) is 5.64. The van der Waals surface area contributed by atoms with Crippen LogP contribution in [0, 0.1) is 0 Å². The first-order chi connectivity index (χ1) is 9.79. The van der Waals surface area contributed by atoms with Gasteiger partial charge in [0.2, 0.25) is 0 Å². The highest BCUT2D eigenvalue weighted by atomic mass is 16.4. The van der Waals surface area contributed by atoms with Crippen molar-refractivity contribution >= 4 is 17.6 Å². The highest BCUT2D eigenvalue weighted by Gasteiger charge is 2.28. The van der Waals surface area contributed by atoms with Crippen LogP contribution in [0.2, 0.25) is 0 Å². The van der Waals surface area contributed by atoms with Crippen LogP contribution in [0.4, 0.5) is 5.69 Å². The van der Waals surface area contributed by atoms with Crippen molar-refractivity contribution in [3.05, 3.63) is 29.3 Å². The van der Waals surface area contributed by atoms with Gasteiger partial charge in [-0.15, -0.1) is 0 Å². The topological polar surface area (TPSA) is 69.6 Å². The molecule has 0 unspecified atom stereocenters. The molecule has 0 saturated heterocycles. The van der Waals surface area contributed by atoms with Gasteiger partial charge in [0.15, 0.2) is 0 Å². The van der Waals surface area contributed by atoms with Crippen LogP contribution in [0.5, 0.6) is 0 Å². The Bertz CT molecular complexity index is 561. The number of nitrogens with zero attached hydrogens (tertiary/aromatic N) is 1. The zero-order valence-electron chi connectivity index (χ0n) is 12.8. The Morgan fingerprint density at radius 2 is 2.05 bits per heavy atom. The minimum Gasteiger partial charge on any atom is -0.481 e. The third-order valence-corrected chi connectivity index (χ3v) is 3.67. The lowest BCUT2D eigenvalue weighted by atomic mass is 10.0. The van der Waals surface area contributed by atoms with Crippen molar-refractivity contribution in [3.63, 3.8) is 0 Å². The molecule has 1 aliphatic heterocycles. The van der Waals surface area contributed by atoms with Crippen LogP contribution >= 0.6 is 0 Å². The van der Waals surface area contributed by atoms with E-state index in [4.69, 9.17) is 5.11 Å². The van der Waals surface area contributed by atoms with Crippen molar-refractivity contribution in [2.75, 3.05) is 18.4 Å². The fourth-order valence-corrected chi connectivity index (χ4v) is 2.54. The van der Waals surface area contributed by atoms with Gasteiger partial charge < -0.3 is 15.3 Å². The average molecular weight is 290 g/mol. The van der Waals surface area contributed by atoms with E-state index in [9.17, 15) is 9.59 Å². The first kappa shape index (κ1) is 15.4. The van der Waals surface area contributed by atoms with Crippen LogP contribution in [0.25, 0.3) is 0 Å². The molecule has 1 aliphatic rings. The molecule has 5 heteroatoms. The third kappa shape index (κ3) is 3.54. The Hall–Kier alpha value is -2.04. The number of amides is 1. The second-order valence-corrected chi connectivity index (χ2v) is 6.32. The minimum absolute atomic E-state index is 0.0461. The first-order valence-electron chi connectivity index (χ1n) is 7.19. The summed E-state index contributed by atoms with van der Waals surface area (Å²) in [6.07, 6.45) is 0.872. The van der Waals surface area contributed by atoms with Crippen LogP contribution in [0.1, 0.15) is 43.1 Å². The third-order valence-electron chi connectivity index (χ3n) is 3.67. The molecule has 0 bridgehead atoms. The summed E-state index contributed by atoms with van der Waals surface area (Å²) < 4.78 is 0. The number of aliphatic carboxylic acids is 1. The standard InChI is InChI=1S/C16H22N2O3/c1-16(2,3)18(9-7-14(19)20)15(21)12-4-5-13-11(10-12)6-8-17-13/h4-5,10,17H,6-9H2,1-3H3,(H,19,20). The van der Waals surface area contributed by atoms with E-state index in [1.165, 1.54) is 0 Å². The largest absolute Gasteiger partial charge is 0.481 e. The number of carbonyl (C=O) groups excluding carboxylic acids is 1. The molecule has 1 aromatic carbocycles. The van der Waals surface area contributed by atoms with Gasteiger partial charge in [0.25, 0.3) is 5.91 Å². The summed E-state index contributed by atoms with van der Waals surface area (Å²) in [5.41, 5.74) is 2.44. The number of fused-ring (bicyclic) bond motifs is 1. The minimum atomic E-state index is -0.893. The molecule has 0 saturated carbocycles. The van der Waals surface area contributed by atoms with Crippen LogP contribution in [-0.2, 0) is 11.2 Å². The van der Waals surface area contributed by atoms with E-state index in [1.807, 2.05) is 32.9 Å². The molecule has 0 aromatic heterocycles. The molecule has 0 aliphatic carbocycles. The second-order valence-electron chi connectivity index (χ2n) is 6.32. The molecular formula is C16H22N2O3. The number of carboxylic acid groups (broad SMARTS) is 1. The highest BCUT2D eigenvalue weighted by Crippen LogP contribution is 2.25. The van der Waals surface area contributed by atoms with Crippen LogP contribution in [0.3, 0.4) is 0 Å².